The van der Waals surface area contributed by atoms with Crippen molar-refractivity contribution in [2.24, 2.45) is 0 Å². The zero-order chi connectivity index (χ0) is 29.0. The molecule has 0 amide bonds. The van der Waals surface area contributed by atoms with E-state index in [0.29, 0.717) is 35.1 Å². The number of fused-ring (bicyclic) bond motifs is 4. The highest BCUT2D eigenvalue weighted by Gasteiger charge is 2.39. The van der Waals surface area contributed by atoms with E-state index in [4.69, 9.17) is 4.74 Å². The number of allylic oxidation sites excluding steroid dienone is 1. The van der Waals surface area contributed by atoms with Crippen LogP contribution in [-0.2, 0) is 19.3 Å². The zero-order valence-electron chi connectivity index (χ0n) is 23.0. The highest BCUT2D eigenvalue weighted by molar-refractivity contribution is 6.00. The summed E-state index contributed by atoms with van der Waals surface area (Å²) in [5.74, 6) is -8.82. The Balaban J connectivity index is 1.61. The number of carboxylic acids is 1. The Kier molecular flexibility index (Phi) is 5.43. The molecule has 3 aromatic rings. The minimum absolute atomic E-state index is 0.0234. The van der Waals surface area contributed by atoms with Gasteiger partial charge in [-0.2, -0.15) is 0 Å². The first-order valence-corrected chi connectivity index (χ1v) is 14.5. The lowest BCUT2D eigenvalue weighted by Crippen LogP contribution is -2.44. The first kappa shape index (κ1) is 25.6. The van der Waals surface area contributed by atoms with Crippen molar-refractivity contribution in [3.8, 4) is 11.5 Å². The predicted octanol–water partition coefficient (Wildman–Crippen LogP) is 4.85. The molecule has 5 heterocycles. The van der Waals surface area contributed by atoms with E-state index in [1.165, 1.54) is 0 Å². The molecule has 3 aromatic carbocycles. The van der Waals surface area contributed by atoms with Crippen LogP contribution >= 0.6 is 0 Å². The number of aryl methyl sites for hydroxylation is 1. The minimum Gasteiger partial charge on any atom is -0.478 e. The van der Waals surface area contributed by atoms with Gasteiger partial charge in [0.2, 0.25) is 5.36 Å². The number of aromatic carboxylic acids is 1. The molecule has 42 heavy (non-hydrogen) atoms. The number of rotatable bonds is 2. The lowest BCUT2D eigenvalue weighted by atomic mass is 9.81. The fourth-order valence-corrected chi connectivity index (χ4v) is 7.72. The molecule has 8 rings (SSSR count). The fourth-order valence-electron chi connectivity index (χ4n) is 7.72. The van der Waals surface area contributed by atoms with Crippen LogP contribution in [-0.4, -0.2) is 37.3 Å². The van der Waals surface area contributed by atoms with Crippen LogP contribution in [0.4, 0.5) is 23.2 Å². The Hall–Kier alpha value is -4.14. The quantitative estimate of drug-likeness (QED) is 0.161. The third-order valence-corrected chi connectivity index (χ3v) is 9.51. The van der Waals surface area contributed by atoms with E-state index in [1.807, 2.05) is 19.1 Å². The number of carboxylic acid groups (broad SMARTS) is 1. The Labute approximate surface area is 238 Å². The highest BCUT2D eigenvalue weighted by Crippen LogP contribution is 2.49. The summed E-state index contributed by atoms with van der Waals surface area (Å²) < 4.78 is 69.7. The number of nitrogens with zero attached hydrogens (tertiary/aromatic N) is 2. The normalized spacial score (nSPS) is 18.0. The Morgan fingerprint density at radius 3 is 2.43 bits per heavy atom. The average Bonchev–Trinajstić information content (AvgIpc) is 2.99. The standard InChI is InChI=1S/C33H26F4N2O3/c1-15-8-12-39-11-4-7-18-30(39)19(15)14-21-22(23-24(33(40)41)26(35)28(37)27(36)25(23)34)20-13-16-5-2-9-38-10-3-6-17(29(16)38)31(20)42-32(18)21/h8,13-14H,2-7,9-12H2,1H3/p+1. The van der Waals surface area contributed by atoms with E-state index in [-0.39, 0.29) is 5.57 Å². The molecule has 0 spiro atoms. The molecule has 0 saturated heterocycles. The molecule has 5 aliphatic heterocycles. The molecule has 5 aliphatic rings. The van der Waals surface area contributed by atoms with E-state index < -0.39 is 40.4 Å². The minimum atomic E-state index is -2.15. The summed E-state index contributed by atoms with van der Waals surface area (Å²) in [6, 6.07) is 3.67. The number of benzene rings is 3. The van der Waals surface area contributed by atoms with Crippen molar-refractivity contribution in [3.05, 3.63) is 91.0 Å². The van der Waals surface area contributed by atoms with Gasteiger partial charge in [0.1, 0.15) is 23.6 Å². The van der Waals surface area contributed by atoms with Gasteiger partial charge < -0.3 is 14.7 Å². The molecule has 0 radical (unpaired) electrons. The first-order valence-electron chi connectivity index (χ1n) is 14.5. The van der Waals surface area contributed by atoms with Crippen LogP contribution in [0, 0.1) is 23.3 Å². The smallest absolute Gasteiger partial charge is 0.339 e. The van der Waals surface area contributed by atoms with Gasteiger partial charge in [-0.1, -0.05) is 0 Å². The molecule has 9 heteroatoms. The second kappa shape index (κ2) is 8.93. The third kappa shape index (κ3) is 3.30. The SMILES string of the molecule is CC1=CC[N+]2=c3c1cc1c(c3CCC2)Oc2c(cc3c4c2CCCN4CCC3)C=1c1c(F)c(F)c(F)c(F)c1C(=O)O. The molecule has 0 atom stereocenters. The van der Waals surface area contributed by atoms with Crippen LogP contribution in [0.1, 0.15) is 69.9 Å². The van der Waals surface area contributed by atoms with E-state index in [2.05, 4.69) is 15.6 Å². The number of hydrogen-bond acceptors (Lipinski definition) is 3. The average molecular weight is 576 g/mol. The van der Waals surface area contributed by atoms with Gasteiger partial charge in [0.05, 0.1) is 5.56 Å². The fraction of sp³-hybridized carbons (Fsp3) is 0.333. The summed E-state index contributed by atoms with van der Waals surface area (Å²) in [7, 11) is 0. The zero-order valence-corrected chi connectivity index (χ0v) is 23.0. The Morgan fingerprint density at radius 2 is 1.64 bits per heavy atom. The number of anilines is 1. The second-order valence-corrected chi connectivity index (χ2v) is 11.8. The monoisotopic (exact) mass is 575 g/mol. The van der Waals surface area contributed by atoms with Crippen LogP contribution in [0.5, 0.6) is 11.5 Å². The molecule has 0 aromatic heterocycles. The van der Waals surface area contributed by atoms with Gasteiger partial charge in [-0.15, -0.1) is 0 Å². The number of ether oxygens (including phenoxy) is 1. The van der Waals surface area contributed by atoms with Gasteiger partial charge in [-0.25, -0.2) is 26.9 Å². The predicted molar refractivity (Wildman–Crippen MR) is 149 cm³/mol. The highest BCUT2D eigenvalue weighted by atomic mass is 19.2. The molecular weight excluding hydrogens is 548 g/mol. The van der Waals surface area contributed by atoms with Gasteiger partial charge in [0.15, 0.2) is 29.8 Å². The van der Waals surface area contributed by atoms with E-state index in [1.54, 1.807) is 0 Å². The lowest BCUT2D eigenvalue weighted by molar-refractivity contribution is 0.0689. The van der Waals surface area contributed by atoms with Crippen molar-refractivity contribution in [1.82, 2.24) is 4.58 Å². The van der Waals surface area contributed by atoms with Crippen molar-refractivity contribution in [2.45, 2.75) is 45.4 Å². The third-order valence-electron chi connectivity index (χ3n) is 9.51. The Morgan fingerprint density at radius 1 is 0.905 bits per heavy atom. The summed E-state index contributed by atoms with van der Waals surface area (Å²) >= 11 is 0. The van der Waals surface area contributed by atoms with Gasteiger partial charge >= 0.3 is 5.97 Å². The summed E-state index contributed by atoms with van der Waals surface area (Å²) in [6.45, 7) is 5.36. The maximum absolute atomic E-state index is 16.0. The molecule has 0 bridgehead atoms. The largest absolute Gasteiger partial charge is 0.478 e. The van der Waals surface area contributed by atoms with Crippen molar-refractivity contribution in [3.63, 3.8) is 0 Å². The van der Waals surface area contributed by atoms with Crippen LogP contribution in [0.25, 0.3) is 11.1 Å². The summed E-state index contributed by atoms with van der Waals surface area (Å²) in [5, 5.41) is 11.4. The summed E-state index contributed by atoms with van der Waals surface area (Å²) in [4.78, 5) is 14.8. The van der Waals surface area contributed by atoms with Crippen molar-refractivity contribution < 1.29 is 32.2 Å². The van der Waals surface area contributed by atoms with Crippen LogP contribution < -0.4 is 24.8 Å². The van der Waals surface area contributed by atoms with Crippen LogP contribution in [0.2, 0.25) is 0 Å². The van der Waals surface area contributed by atoms with Gasteiger partial charge in [-0.3, -0.25) is 0 Å². The molecule has 1 N–H and O–H groups in total. The van der Waals surface area contributed by atoms with Crippen LogP contribution in [0.15, 0.2) is 18.2 Å². The van der Waals surface area contributed by atoms with Gasteiger partial charge in [0.25, 0.3) is 0 Å². The lowest BCUT2D eigenvalue weighted by Gasteiger charge is -2.39. The van der Waals surface area contributed by atoms with E-state index >= 15 is 8.78 Å². The molecule has 214 valence electrons. The molecule has 5 nitrogen and oxygen atoms in total. The summed E-state index contributed by atoms with van der Waals surface area (Å²) in [5.41, 5.74) is 4.17. The maximum Gasteiger partial charge on any atom is 0.339 e. The van der Waals surface area contributed by atoms with E-state index in [0.717, 1.165) is 90.7 Å². The molecule has 0 unspecified atom stereocenters. The number of hydrogen-bond donors (Lipinski definition) is 1. The summed E-state index contributed by atoms with van der Waals surface area (Å²) in [6.07, 6.45) is 6.84. The first-order chi connectivity index (χ1) is 20.3. The van der Waals surface area contributed by atoms with E-state index in [9.17, 15) is 18.7 Å². The molecule has 0 saturated carbocycles. The number of halogens is 4. The molecule has 0 aliphatic carbocycles. The molecular formula is C33H27F4N2O3+. The number of carbonyl (C=O) groups is 1. The maximum atomic E-state index is 16.0. The van der Waals surface area contributed by atoms with Gasteiger partial charge in [-0.05, 0) is 68.4 Å². The second-order valence-electron chi connectivity index (χ2n) is 11.8. The molecule has 0 fully saturated rings. The van der Waals surface area contributed by atoms with Crippen molar-refractivity contribution >= 4 is 22.8 Å². The van der Waals surface area contributed by atoms with Gasteiger partial charge in [0, 0.05) is 58.2 Å². The van der Waals surface area contributed by atoms with Crippen molar-refractivity contribution in [1.29, 1.82) is 0 Å². The van der Waals surface area contributed by atoms with Crippen LogP contribution in [0.3, 0.4) is 0 Å². The van der Waals surface area contributed by atoms with Crippen molar-refractivity contribution in [2.75, 3.05) is 31.1 Å². The topological polar surface area (TPSA) is 52.8 Å². The Bertz CT molecular complexity index is 1960.